The van der Waals surface area contributed by atoms with Crippen molar-refractivity contribution in [2.75, 3.05) is 10.6 Å². The average molecular weight is 435 g/mol. The molecule has 7 nitrogen and oxygen atoms in total. The van der Waals surface area contributed by atoms with E-state index in [0.29, 0.717) is 12.4 Å². The first-order valence-electron chi connectivity index (χ1n) is 10.6. The maximum Gasteiger partial charge on any atom is 0.221 e. The predicted octanol–water partition coefficient (Wildman–Crippen LogP) is 5.03. The first kappa shape index (κ1) is 20.4. The zero-order valence-corrected chi connectivity index (χ0v) is 18.1. The van der Waals surface area contributed by atoms with E-state index in [0.717, 1.165) is 39.4 Å². The second-order valence-electron chi connectivity index (χ2n) is 7.61. The minimum absolute atomic E-state index is 0.109. The first-order valence-corrected chi connectivity index (χ1v) is 10.6. The summed E-state index contributed by atoms with van der Waals surface area (Å²) in [7, 11) is 0. The van der Waals surface area contributed by atoms with Crippen molar-refractivity contribution in [3.8, 4) is 22.5 Å². The van der Waals surface area contributed by atoms with Gasteiger partial charge in [-0.25, -0.2) is 9.50 Å². The summed E-state index contributed by atoms with van der Waals surface area (Å²) in [5, 5.41) is 11.0. The van der Waals surface area contributed by atoms with E-state index in [4.69, 9.17) is 10.1 Å². The van der Waals surface area contributed by atoms with Crippen molar-refractivity contribution < 1.29 is 4.79 Å². The smallest absolute Gasteiger partial charge is 0.221 e. The van der Waals surface area contributed by atoms with Crippen LogP contribution in [0.5, 0.6) is 0 Å². The Labute approximate surface area is 191 Å². The number of nitrogens with zero attached hydrogens (tertiary/aromatic N) is 4. The van der Waals surface area contributed by atoms with Gasteiger partial charge in [-0.05, 0) is 48.0 Å². The van der Waals surface area contributed by atoms with Crippen LogP contribution in [0.2, 0.25) is 0 Å². The van der Waals surface area contributed by atoms with Gasteiger partial charge in [-0.2, -0.15) is 0 Å². The van der Waals surface area contributed by atoms with Crippen LogP contribution in [0.3, 0.4) is 0 Å². The summed E-state index contributed by atoms with van der Waals surface area (Å²) < 4.78 is 1.85. The Kier molecular flexibility index (Phi) is 5.51. The van der Waals surface area contributed by atoms with Gasteiger partial charge in [0, 0.05) is 36.1 Å². The number of carbonyl (C=O) groups excluding carboxylic acids is 1. The molecule has 0 unspecified atom stereocenters. The van der Waals surface area contributed by atoms with E-state index in [9.17, 15) is 4.79 Å². The van der Waals surface area contributed by atoms with Gasteiger partial charge in [-0.1, -0.05) is 36.4 Å². The van der Waals surface area contributed by atoms with E-state index in [1.807, 2.05) is 71.4 Å². The lowest BCUT2D eigenvalue weighted by Crippen LogP contribution is -2.08. The summed E-state index contributed by atoms with van der Waals surface area (Å²) in [5.41, 5.74) is 5.54. The molecular formula is C26H22N6O. The Balaban J connectivity index is 1.58. The van der Waals surface area contributed by atoms with Crippen molar-refractivity contribution in [3.63, 3.8) is 0 Å². The molecule has 162 valence electrons. The highest BCUT2D eigenvalue weighted by molar-refractivity contribution is 5.90. The lowest BCUT2D eigenvalue weighted by atomic mass is 10.1. The molecule has 0 fully saturated rings. The lowest BCUT2D eigenvalue weighted by Gasteiger charge is -2.12. The summed E-state index contributed by atoms with van der Waals surface area (Å²) in [6, 6.07) is 25.6. The third-order valence-electron chi connectivity index (χ3n) is 5.22. The average Bonchev–Trinajstić information content (AvgIpc) is 3.28. The third-order valence-corrected chi connectivity index (χ3v) is 5.22. The molecule has 0 spiro atoms. The fourth-order valence-corrected chi connectivity index (χ4v) is 3.70. The van der Waals surface area contributed by atoms with Crippen LogP contribution in [-0.4, -0.2) is 25.5 Å². The normalized spacial score (nSPS) is 10.8. The zero-order valence-electron chi connectivity index (χ0n) is 18.1. The molecule has 2 N–H and O–H groups in total. The number of benzene rings is 2. The second kappa shape index (κ2) is 8.92. The van der Waals surface area contributed by atoms with Crippen molar-refractivity contribution in [1.82, 2.24) is 19.6 Å². The number of hydrogen-bond donors (Lipinski definition) is 2. The van der Waals surface area contributed by atoms with Crippen LogP contribution in [0, 0.1) is 0 Å². The molecule has 0 bridgehead atoms. The molecule has 5 aromatic rings. The summed E-state index contributed by atoms with van der Waals surface area (Å²) in [6.45, 7) is 2.02. The summed E-state index contributed by atoms with van der Waals surface area (Å²) in [6.07, 6.45) is 3.72. The fraction of sp³-hybridized carbons (Fsp3) is 0.0769. The number of pyridine rings is 1. The van der Waals surface area contributed by atoms with Crippen LogP contribution in [0.1, 0.15) is 12.6 Å². The van der Waals surface area contributed by atoms with Gasteiger partial charge in [0.05, 0.1) is 12.2 Å². The molecule has 5 rings (SSSR count). The Morgan fingerprint density at radius 1 is 0.909 bits per heavy atom. The van der Waals surface area contributed by atoms with Crippen molar-refractivity contribution in [2.24, 2.45) is 0 Å². The summed E-state index contributed by atoms with van der Waals surface area (Å²) in [5.74, 6) is 1.19. The largest absolute Gasteiger partial charge is 0.363 e. The Morgan fingerprint density at radius 2 is 1.70 bits per heavy atom. The molecule has 0 atom stereocenters. The van der Waals surface area contributed by atoms with Gasteiger partial charge in [0.15, 0.2) is 11.6 Å². The minimum Gasteiger partial charge on any atom is -0.363 e. The maximum atomic E-state index is 11.3. The summed E-state index contributed by atoms with van der Waals surface area (Å²) in [4.78, 5) is 20.6. The Hall–Kier alpha value is -4.52. The van der Waals surface area contributed by atoms with Gasteiger partial charge < -0.3 is 10.6 Å². The van der Waals surface area contributed by atoms with Crippen LogP contribution in [0.15, 0.2) is 91.3 Å². The number of anilines is 2. The SMILES string of the molecule is CC(=O)Nc1ccc(-c2nc(NCc3ccccn3)c3c(-c4ccccc4)ccn3n2)cc1. The minimum atomic E-state index is -0.109. The van der Waals surface area contributed by atoms with Crippen LogP contribution in [0.4, 0.5) is 11.5 Å². The molecular weight excluding hydrogens is 412 g/mol. The maximum absolute atomic E-state index is 11.3. The van der Waals surface area contributed by atoms with Gasteiger partial charge in [0.25, 0.3) is 0 Å². The van der Waals surface area contributed by atoms with Crippen molar-refractivity contribution in [2.45, 2.75) is 13.5 Å². The monoisotopic (exact) mass is 434 g/mol. The van der Waals surface area contributed by atoms with Gasteiger partial charge in [-0.3, -0.25) is 9.78 Å². The third kappa shape index (κ3) is 4.43. The van der Waals surface area contributed by atoms with Gasteiger partial charge in [0.2, 0.25) is 5.91 Å². The molecule has 0 aliphatic rings. The highest BCUT2D eigenvalue weighted by Gasteiger charge is 2.15. The number of hydrogen-bond acceptors (Lipinski definition) is 5. The van der Waals surface area contributed by atoms with Gasteiger partial charge in [0.1, 0.15) is 5.52 Å². The number of nitrogens with one attached hydrogen (secondary N) is 2. The Morgan fingerprint density at radius 3 is 2.42 bits per heavy atom. The molecule has 7 heteroatoms. The quantitative estimate of drug-likeness (QED) is 0.392. The van der Waals surface area contributed by atoms with Crippen molar-refractivity contribution in [3.05, 3.63) is 97.0 Å². The number of aromatic nitrogens is 4. The highest BCUT2D eigenvalue weighted by Crippen LogP contribution is 2.31. The van der Waals surface area contributed by atoms with E-state index in [1.165, 1.54) is 6.92 Å². The molecule has 0 aliphatic carbocycles. The van der Waals surface area contributed by atoms with Crippen LogP contribution in [0.25, 0.3) is 28.0 Å². The fourth-order valence-electron chi connectivity index (χ4n) is 3.70. The van der Waals surface area contributed by atoms with E-state index in [-0.39, 0.29) is 5.91 Å². The highest BCUT2D eigenvalue weighted by atomic mass is 16.1. The van der Waals surface area contributed by atoms with Crippen LogP contribution in [-0.2, 0) is 11.3 Å². The first-order chi connectivity index (χ1) is 16.2. The molecule has 2 aromatic carbocycles. The second-order valence-corrected chi connectivity index (χ2v) is 7.61. The molecule has 0 radical (unpaired) electrons. The molecule has 3 heterocycles. The zero-order chi connectivity index (χ0) is 22.6. The number of rotatable bonds is 6. The standard InChI is InChI=1S/C26H22N6O/c1-18(33)29-21-12-10-20(11-13-21)25-30-26(28-17-22-9-5-6-15-27-22)24-23(14-16-32(24)31-25)19-7-3-2-4-8-19/h2-16H,17H2,1H3,(H,29,33)(H,28,30,31). The van der Waals surface area contributed by atoms with Gasteiger partial charge >= 0.3 is 0 Å². The topological polar surface area (TPSA) is 84.2 Å². The van der Waals surface area contributed by atoms with E-state index >= 15 is 0 Å². The predicted molar refractivity (Wildman–Crippen MR) is 130 cm³/mol. The number of carbonyl (C=O) groups is 1. The number of amides is 1. The molecule has 0 saturated carbocycles. The molecule has 33 heavy (non-hydrogen) atoms. The Bertz CT molecular complexity index is 1400. The molecule has 3 aromatic heterocycles. The lowest BCUT2D eigenvalue weighted by molar-refractivity contribution is -0.114. The van der Waals surface area contributed by atoms with Gasteiger partial charge in [-0.15, -0.1) is 5.10 Å². The van der Waals surface area contributed by atoms with Crippen molar-refractivity contribution in [1.29, 1.82) is 0 Å². The van der Waals surface area contributed by atoms with Crippen LogP contribution < -0.4 is 10.6 Å². The molecule has 1 amide bonds. The van der Waals surface area contributed by atoms with E-state index in [2.05, 4.69) is 33.8 Å². The molecule has 0 aliphatic heterocycles. The van der Waals surface area contributed by atoms with E-state index in [1.54, 1.807) is 6.20 Å². The van der Waals surface area contributed by atoms with Crippen molar-refractivity contribution >= 4 is 22.9 Å². The van der Waals surface area contributed by atoms with Crippen LogP contribution >= 0.6 is 0 Å². The number of fused-ring (bicyclic) bond motifs is 1. The summed E-state index contributed by atoms with van der Waals surface area (Å²) >= 11 is 0. The van der Waals surface area contributed by atoms with E-state index < -0.39 is 0 Å². The molecule has 0 saturated heterocycles.